The summed E-state index contributed by atoms with van der Waals surface area (Å²) in [6.07, 6.45) is 21.8. The minimum atomic E-state index is -0.964. The summed E-state index contributed by atoms with van der Waals surface area (Å²) in [7, 11) is 0. The third kappa shape index (κ3) is 8.87. The van der Waals surface area contributed by atoms with Crippen molar-refractivity contribution < 1.29 is 17.9 Å². The molecule has 5 rings (SSSR count). The van der Waals surface area contributed by atoms with Crippen molar-refractivity contribution in [2.24, 2.45) is 17.8 Å². The molecule has 2 aliphatic rings. The van der Waals surface area contributed by atoms with Crippen LogP contribution in [0, 0.1) is 35.2 Å². The van der Waals surface area contributed by atoms with Crippen molar-refractivity contribution in [3.05, 3.63) is 83.7 Å². The Kier molecular flexibility index (Phi) is 12.9. The van der Waals surface area contributed by atoms with Gasteiger partial charge in [-0.25, -0.2) is 8.78 Å². The molecule has 0 saturated heterocycles. The molecule has 0 radical (unpaired) electrons. The van der Waals surface area contributed by atoms with Crippen molar-refractivity contribution in [1.82, 2.24) is 0 Å². The predicted octanol–water partition coefficient (Wildman–Crippen LogP) is 13.4. The Bertz CT molecular complexity index is 1420. The molecule has 1 atom stereocenters. The van der Waals surface area contributed by atoms with Gasteiger partial charge in [0.05, 0.1) is 6.61 Å². The molecule has 0 bridgehead atoms. The van der Waals surface area contributed by atoms with Crippen molar-refractivity contribution in [2.45, 2.75) is 117 Å². The van der Waals surface area contributed by atoms with Crippen LogP contribution in [-0.4, -0.2) is 6.61 Å². The van der Waals surface area contributed by atoms with Crippen LogP contribution < -0.4 is 4.74 Å². The summed E-state index contributed by atoms with van der Waals surface area (Å²) in [5, 5.41) is 0. The third-order valence-corrected chi connectivity index (χ3v) is 10.6. The van der Waals surface area contributed by atoms with E-state index in [-0.39, 0.29) is 17.1 Å². The first-order valence-corrected chi connectivity index (χ1v) is 18.2. The van der Waals surface area contributed by atoms with Gasteiger partial charge in [-0.05, 0) is 96.7 Å². The van der Waals surface area contributed by atoms with Crippen molar-refractivity contribution in [3.63, 3.8) is 0 Å². The van der Waals surface area contributed by atoms with Crippen LogP contribution in [0.15, 0.2) is 60.7 Å². The Labute approximate surface area is 275 Å². The third-order valence-electron chi connectivity index (χ3n) is 10.6. The second kappa shape index (κ2) is 17.2. The van der Waals surface area contributed by atoms with Crippen LogP contribution in [0.25, 0.3) is 27.8 Å². The van der Waals surface area contributed by atoms with E-state index in [4.69, 9.17) is 4.74 Å². The first-order valence-electron chi connectivity index (χ1n) is 18.2. The highest BCUT2D eigenvalue weighted by atomic mass is 19.2. The molecule has 0 amide bonds. The fraction of sp³-hybridized carbons (Fsp3) is 0.524. The topological polar surface area (TPSA) is 9.23 Å². The molecule has 4 heteroatoms. The first-order chi connectivity index (χ1) is 22.5. The molecule has 0 aliphatic heterocycles. The van der Waals surface area contributed by atoms with Gasteiger partial charge in [-0.15, -0.1) is 0 Å². The van der Waals surface area contributed by atoms with Crippen molar-refractivity contribution >= 4 is 5.57 Å². The lowest BCUT2D eigenvalue weighted by atomic mass is 9.70. The molecule has 0 spiro atoms. The second-order valence-corrected chi connectivity index (χ2v) is 13.8. The van der Waals surface area contributed by atoms with E-state index in [2.05, 4.69) is 19.9 Å². The SMILES string of the molecule is CCCCCCCCCOc1ccc(-c2ccc(-c3ccc(C4=CCC(C5CCC(CCC)CC5)CC4)cc3F)cc2)c(F)c1F. The van der Waals surface area contributed by atoms with Crippen molar-refractivity contribution in [2.75, 3.05) is 6.61 Å². The molecule has 1 unspecified atom stereocenters. The van der Waals surface area contributed by atoms with Gasteiger partial charge in [0, 0.05) is 11.1 Å². The quantitative estimate of drug-likeness (QED) is 0.152. The molecule has 0 heterocycles. The molecule has 3 aromatic carbocycles. The number of halogens is 3. The van der Waals surface area contributed by atoms with Gasteiger partial charge in [-0.3, -0.25) is 0 Å². The van der Waals surface area contributed by atoms with Crippen LogP contribution in [0.4, 0.5) is 13.2 Å². The average Bonchev–Trinajstić information content (AvgIpc) is 3.08. The summed E-state index contributed by atoms with van der Waals surface area (Å²) >= 11 is 0. The van der Waals surface area contributed by atoms with E-state index < -0.39 is 11.6 Å². The molecular formula is C42H53F3O. The number of allylic oxidation sites excluding steroid dienone is 2. The van der Waals surface area contributed by atoms with Gasteiger partial charge in [0.1, 0.15) is 5.82 Å². The maximum Gasteiger partial charge on any atom is 0.201 e. The molecule has 248 valence electrons. The second-order valence-electron chi connectivity index (χ2n) is 13.8. The van der Waals surface area contributed by atoms with Crippen molar-refractivity contribution in [3.8, 4) is 28.0 Å². The normalized spacial score (nSPS) is 20.0. The van der Waals surface area contributed by atoms with E-state index in [0.29, 0.717) is 23.3 Å². The summed E-state index contributed by atoms with van der Waals surface area (Å²) in [5.74, 6) is 0.358. The van der Waals surface area contributed by atoms with Crippen LogP contribution in [-0.2, 0) is 0 Å². The summed E-state index contributed by atoms with van der Waals surface area (Å²) in [6.45, 7) is 4.87. The predicted molar refractivity (Wildman–Crippen MR) is 186 cm³/mol. The Morgan fingerprint density at radius 2 is 1.28 bits per heavy atom. The largest absolute Gasteiger partial charge is 0.490 e. The van der Waals surface area contributed by atoms with Crippen molar-refractivity contribution in [1.29, 1.82) is 0 Å². The van der Waals surface area contributed by atoms with Gasteiger partial charge in [-0.2, -0.15) is 4.39 Å². The molecule has 46 heavy (non-hydrogen) atoms. The smallest absolute Gasteiger partial charge is 0.201 e. The lowest BCUT2D eigenvalue weighted by Crippen LogP contribution is -2.23. The van der Waals surface area contributed by atoms with E-state index in [1.807, 2.05) is 12.1 Å². The monoisotopic (exact) mass is 630 g/mol. The fourth-order valence-corrected chi connectivity index (χ4v) is 7.79. The summed E-state index contributed by atoms with van der Waals surface area (Å²) < 4.78 is 50.9. The molecule has 0 N–H and O–H groups in total. The zero-order valence-electron chi connectivity index (χ0n) is 28.1. The van der Waals surface area contributed by atoms with Crippen LogP contribution in [0.1, 0.15) is 122 Å². The minimum absolute atomic E-state index is 0.0517. The summed E-state index contributed by atoms with van der Waals surface area (Å²) in [5.41, 5.74) is 4.14. The Hall–Kier alpha value is -3.01. The highest BCUT2D eigenvalue weighted by molar-refractivity contribution is 5.74. The van der Waals surface area contributed by atoms with Crippen LogP contribution >= 0.6 is 0 Å². The highest BCUT2D eigenvalue weighted by Crippen LogP contribution is 2.42. The highest BCUT2D eigenvalue weighted by Gasteiger charge is 2.28. The Balaban J connectivity index is 1.16. The standard InChI is InChI=1S/C42H53F3O/c1-3-5-6-7-8-9-10-28-46-40-27-26-38(41(44)42(40)45)35-22-20-34(21-23-35)37-25-24-36(29-39(37)43)33-18-16-32(17-19-33)31-14-12-30(11-4-2)13-15-31/h18,20-27,29-32H,3-17,19,28H2,1-2H3. The van der Waals surface area contributed by atoms with Gasteiger partial charge in [0.2, 0.25) is 5.82 Å². The van der Waals surface area contributed by atoms with E-state index in [1.165, 1.54) is 82.3 Å². The molecule has 0 aromatic heterocycles. The first kappa shape index (κ1) is 34.3. The molecule has 1 saturated carbocycles. The maximum absolute atomic E-state index is 15.4. The molecular weight excluding hydrogens is 577 g/mol. The van der Waals surface area contributed by atoms with Crippen LogP contribution in [0.5, 0.6) is 5.75 Å². The van der Waals surface area contributed by atoms with Gasteiger partial charge >= 0.3 is 0 Å². The minimum Gasteiger partial charge on any atom is -0.490 e. The number of unbranched alkanes of at least 4 members (excludes halogenated alkanes) is 6. The van der Waals surface area contributed by atoms with E-state index in [0.717, 1.165) is 55.4 Å². The fourth-order valence-electron chi connectivity index (χ4n) is 7.79. The Morgan fingerprint density at radius 3 is 1.93 bits per heavy atom. The lowest BCUT2D eigenvalue weighted by molar-refractivity contribution is 0.189. The number of benzene rings is 3. The number of hydrogen-bond acceptors (Lipinski definition) is 1. The van der Waals surface area contributed by atoms with E-state index in [1.54, 1.807) is 36.4 Å². The van der Waals surface area contributed by atoms with Crippen LogP contribution in [0.3, 0.4) is 0 Å². The molecule has 1 fully saturated rings. The van der Waals surface area contributed by atoms with Crippen LogP contribution in [0.2, 0.25) is 0 Å². The summed E-state index contributed by atoms with van der Waals surface area (Å²) in [4.78, 5) is 0. The maximum atomic E-state index is 15.4. The van der Waals surface area contributed by atoms with Gasteiger partial charge < -0.3 is 4.74 Å². The van der Waals surface area contributed by atoms with Gasteiger partial charge in [0.15, 0.2) is 11.6 Å². The van der Waals surface area contributed by atoms with Gasteiger partial charge in [-0.1, -0.05) is 121 Å². The zero-order valence-corrected chi connectivity index (χ0v) is 28.1. The molecule has 3 aromatic rings. The average molecular weight is 631 g/mol. The molecule has 2 aliphatic carbocycles. The zero-order chi connectivity index (χ0) is 32.3. The number of hydrogen-bond donors (Lipinski definition) is 0. The Morgan fingerprint density at radius 1 is 0.630 bits per heavy atom. The summed E-state index contributed by atoms with van der Waals surface area (Å²) in [6, 6.07) is 15.6. The number of ether oxygens (including phenoxy) is 1. The molecule has 1 nitrogen and oxygen atoms in total. The van der Waals surface area contributed by atoms with E-state index >= 15 is 8.78 Å². The van der Waals surface area contributed by atoms with Gasteiger partial charge in [0.25, 0.3) is 0 Å². The number of rotatable bonds is 15. The van der Waals surface area contributed by atoms with E-state index in [9.17, 15) is 4.39 Å². The lowest BCUT2D eigenvalue weighted by Gasteiger charge is -2.35.